The van der Waals surface area contributed by atoms with Crippen LogP contribution < -0.4 is 4.74 Å². The van der Waals surface area contributed by atoms with Gasteiger partial charge in [-0.05, 0) is 43.6 Å². The van der Waals surface area contributed by atoms with E-state index in [1.54, 1.807) is 0 Å². The average Bonchev–Trinajstić information content (AvgIpc) is 2.80. The molecule has 0 radical (unpaired) electrons. The molecule has 0 bridgehead atoms. The van der Waals surface area contributed by atoms with E-state index in [-0.39, 0.29) is 0 Å². The second-order valence-electron chi connectivity index (χ2n) is 4.17. The van der Waals surface area contributed by atoms with E-state index in [9.17, 15) is 0 Å². The first-order valence-electron chi connectivity index (χ1n) is 5.88. The summed E-state index contributed by atoms with van der Waals surface area (Å²) in [7, 11) is 0. The van der Waals surface area contributed by atoms with Crippen molar-refractivity contribution in [3.8, 4) is 5.75 Å². The van der Waals surface area contributed by atoms with Gasteiger partial charge in [0.25, 0.3) is 0 Å². The van der Waals surface area contributed by atoms with Crippen LogP contribution in [-0.4, -0.2) is 30.5 Å². The Morgan fingerprint density at radius 2 is 2.06 bits per heavy atom. The lowest BCUT2D eigenvalue weighted by molar-refractivity contribution is 0.326. The number of alkyl halides is 1. The van der Waals surface area contributed by atoms with Crippen molar-refractivity contribution in [1.82, 2.24) is 4.90 Å². The van der Waals surface area contributed by atoms with Crippen molar-refractivity contribution in [2.45, 2.75) is 19.4 Å². The molecule has 1 aliphatic heterocycles. The molecule has 1 aromatic carbocycles. The minimum absolute atomic E-state index is 0.538. The van der Waals surface area contributed by atoms with Gasteiger partial charge in [-0.25, -0.2) is 0 Å². The fraction of sp³-hybridized carbons (Fsp3) is 0.538. The van der Waals surface area contributed by atoms with Gasteiger partial charge in [0.2, 0.25) is 0 Å². The Morgan fingerprint density at radius 1 is 1.25 bits per heavy atom. The number of rotatable bonds is 5. The molecule has 0 amide bonds. The monoisotopic (exact) mass is 239 g/mol. The van der Waals surface area contributed by atoms with E-state index >= 15 is 0 Å². The van der Waals surface area contributed by atoms with E-state index in [2.05, 4.69) is 23.1 Å². The van der Waals surface area contributed by atoms with E-state index in [0.717, 1.165) is 12.3 Å². The van der Waals surface area contributed by atoms with Gasteiger partial charge in [-0.1, -0.05) is 12.1 Å². The van der Waals surface area contributed by atoms with Gasteiger partial charge in [-0.3, -0.25) is 4.90 Å². The minimum Gasteiger partial charge on any atom is -0.492 e. The van der Waals surface area contributed by atoms with Gasteiger partial charge < -0.3 is 4.74 Å². The third-order valence-corrected chi connectivity index (χ3v) is 3.00. The lowest BCUT2D eigenvalue weighted by atomic mass is 10.2. The maximum atomic E-state index is 5.60. The summed E-state index contributed by atoms with van der Waals surface area (Å²) >= 11 is 5.60. The first-order valence-corrected chi connectivity index (χ1v) is 6.42. The fourth-order valence-electron chi connectivity index (χ4n) is 2.09. The molecule has 16 heavy (non-hydrogen) atoms. The van der Waals surface area contributed by atoms with Gasteiger partial charge in [0, 0.05) is 6.54 Å². The lowest BCUT2D eigenvalue weighted by Gasteiger charge is -2.15. The van der Waals surface area contributed by atoms with Crippen molar-refractivity contribution >= 4 is 11.6 Å². The molecule has 0 saturated carbocycles. The van der Waals surface area contributed by atoms with Crippen LogP contribution in [0.1, 0.15) is 18.4 Å². The topological polar surface area (TPSA) is 12.5 Å². The SMILES string of the molecule is ClCCOc1cccc(CN2CCCC2)c1. The van der Waals surface area contributed by atoms with Crippen LogP contribution >= 0.6 is 11.6 Å². The highest BCUT2D eigenvalue weighted by Crippen LogP contribution is 2.17. The summed E-state index contributed by atoms with van der Waals surface area (Å²) in [6, 6.07) is 8.31. The van der Waals surface area contributed by atoms with E-state index < -0.39 is 0 Å². The van der Waals surface area contributed by atoms with Crippen molar-refractivity contribution in [3.05, 3.63) is 29.8 Å². The maximum Gasteiger partial charge on any atom is 0.119 e. The molecular formula is C13H18ClNO. The molecule has 88 valence electrons. The molecule has 0 spiro atoms. The smallest absolute Gasteiger partial charge is 0.119 e. The Balaban J connectivity index is 1.92. The summed E-state index contributed by atoms with van der Waals surface area (Å²) < 4.78 is 5.51. The van der Waals surface area contributed by atoms with E-state index in [1.807, 2.05) is 6.07 Å². The Labute approximate surface area is 102 Å². The first-order chi connectivity index (χ1) is 7.88. The molecule has 0 N–H and O–H groups in total. The molecule has 0 aliphatic carbocycles. The molecule has 1 aromatic rings. The number of benzene rings is 1. The van der Waals surface area contributed by atoms with Gasteiger partial charge in [-0.2, -0.15) is 0 Å². The molecule has 2 rings (SSSR count). The maximum absolute atomic E-state index is 5.60. The highest BCUT2D eigenvalue weighted by Gasteiger charge is 2.11. The lowest BCUT2D eigenvalue weighted by Crippen LogP contribution is -2.18. The van der Waals surface area contributed by atoms with Crippen molar-refractivity contribution in [2.24, 2.45) is 0 Å². The van der Waals surface area contributed by atoms with Crippen molar-refractivity contribution < 1.29 is 4.74 Å². The zero-order valence-corrected chi connectivity index (χ0v) is 10.2. The quantitative estimate of drug-likeness (QED) is 0.733. The van der Waals surface area contributed by atoms with Gasteiger partial charge in [0.1, 0.15) is 12.4 Å². The molecule has 0 aromatic heterocycles. The Kier molecular flexibility index (Phi) is 4.49. The largest absolute Gasteiger partial charge is 0.492 e. The van der Waals surface area contributed by atoms with Crippen LogP contribution in [0, 0.1) is 0 Å². The molecule has 1 aliphatic rings. The van der Waals surface area contributed by atoms with E-state index in [0.29, 0.717) is 12.5 Å². The van der Waals surface area contributed by atoms with Gasteiger partial charge in [0.15, 0.2) is 0 Å². The van der Waals surface area contributed by atoms with Crippen LogP contribution in [-0.2, 0) is 6.54 Å². The zero-order chi connectivity index (χ0) is 11.2. The zero-order valence-electron chi connectivity index (χ0n) is 9.49. The normalized spacial score (nSPS) is 16.6. The Morgan fingerprint density at radius 3 is 2.81 bits per heavy atom. The second-order valence-corrected chi connectivity index (χ2v) is 4.55. The van der Waals surface area contributed by atoms with Crippen molar-refractivity contribution in [2.75, 3.05) is 25.6 Å². The minimum atomic E-state index is 0.538. The summed E-state index contributed by atoms with van der Waals surface area (Å²) in [5, 5.41) is 0. The molecular weight excluding hydrogens is 222 g/mol. The third-order valence-electron chi connectivity index (χ3n) is 2.85. The van der Waals surface area contributed by atoms with Crippen molar-refractivity contribution in [1.29, 1.82) is 0 Å². The van der Waals surface area contributed by atoms with E-state index in [4.69, 9.17) is 16.3 Å². The van der Waals surface area contributed by atoms with Gasteiger partial charge in [0.05, 0.1) is 5.88 Å². The predicted molar refractivity (Wildman–Crippen MR) is 67.2 cm³/mol. The van der Waals surface area contributed by atoms with Crippen LogP contribution in [0.4, 0.5) is 0 Å². The summed E-state index contributed by atoms with van der Waals surface area (Å²) in [6.45, 7) is 4.08. The molecule has 2 nitrogen and oxygen atoms in total. The second kappa shape index (κ2) is 6.12. The predicted octanol–water partition coefficient (Wildman–Crippen LogP) is 2.90. The number of ether oxygens (including phenoxy) is 1. The molecule has 1 saturated heterocycles. The van der Waals surface area contributed by atoms with Crippen LogP contribution in [0.5, 0.6) is 5.75 Å². The van der Waals surface area contributed by atoms with Gasteiger partial charge >= 0.3 is 0 Å². The van der Waals surface area contributed by atoms with Crippen LogP contribution in [0.25, 0.3) is 0 Å². The Bertz CT molecular complexity index is 323. The molecule has 0 unspecified atom stereocenters. The molecule has 3 heteroatoms. The molecule has 1 heterocycles. The number of hydrogen-bond acceptors (Lipinski definition) is 2. The van der Waals surface area contributed by atoms with Crippen LogP contribution in [0.2, 0.25) is 0 Å². The third kappa shape index (κ3) is 3.39. The van der Waals surface area contributed by atoms with E-state index in [1.165, 1.54) is 31.5 Å². The number of nitrogens with zero attached hydrogens (tertiary/aromatic N) is 1. The summed E-state index contributed by atoms with van der Waals surface area (Å²) in [4.78, 5) is 2.49. The van der Waals surface area contributed by atoms with Crippen molar-refractivity contribution in [3.63, 3.8) is 0 Å². The molecule has 0 atom stereocenters. The van der Waals surface area contributed by atoms with Crippen LogP contribution in [0.3, 0.4) is 0 Å². The highest BCUT2D eigenvalue weighted by atomic mass is 35.5. The average molecular weight is 240 g/mol. The standard InChI is InChI=1S/C13H18ClNO/c14-6-9-16-13-5-3-4-12(10-13)11-15-7-1-2-8-15/h3-5,10H,1-2,6-9,11H2. The number of likely N-dealkylation sites (tertiary alicyclic amines) is 1. The number of halogens is 1. The Hall–Kier alpha value is -0.730. The number of hydrogen-bond donors (Lipinski definition) is 0. The van der Waals surface area contributed by atoms with Gasteiger partial charge in [-0.15, -0.1) is 11.6 Å². The molecule has 1 fully saturated rings. The van der Waals surface area contributed by atoms with Crippen LogP contribution in [0.15, 0.2) is 24.3 Å². The fourth-order valence-corrected chi connectivity index (χ4v) is 2.17. The summed E-state index contributed by atoms with van der Waals surface area (Å²) in [5.74, 6) is 1.47. The first kappa shape index (κ1) is 11.7. The highest BCUT2D eigenvalue weighted by molar-refractivity contribution is 6.17. The summed E-state index contributed by atoms with van der Waals surface area (Å²) in [5.41, 5.74) is 1.33. The summed E-state index contributed by atoms with van der Waals surface area (Å²) in [6.07, 6.45) is 2.67.